The standard InChI is InChI=1S/C6H6ClNO.C6H5ClNO.C5H3Cl2N.C5H2Cl2N.6CH3.2Sn/c2*1-9-6-3-2-5(7)4-8-6;2*6-4-1-2-5(7)8-3-4;;;;;;;;/h2-4H,1H3;3-4H,1H3;1-3H;2-3H;6*1H3;;. The molecule has 0 aliphatic carbocycles. The molecular formula is C28H34Cl6N4O2Sn2. The molecule has 4 rings (SSSR count). The van der Waals surface area contributed by atoms with Crippen molar-refractivity contribution in [1.29, 1.82) is 0 Å². The minimum atomic E-state index is -2.09. The van der Waals surface area contributed by atoms with Crippen LogP contribution in [0.3, 0.4) is 0 Å². The van der Waals surface area contributed by atoms with Gasteiger partial charge in [0.15, 0.2) is 0 Å². The van der Waals surface area contributed by atoms with E-state index in [0.29, 0.717) is 32.1 Å². The van der Waals surface area contributed by atoms with Crippen molar-refractivity contribution in [2.45, 2.75) is 29.6 Å². The number of aromatic nitrogens is 4. The summed E-state index contributed by atoms with van der Waals surface area (Å²) in [6.07, 6.45) is 6.36. The zero-order valence-electron chi connectivity index (χ0n) is 24.6. The number of pyridine rings is 4. The number of hydrogen-bond donors (Lipinski definition) is 0. The van der Waals surface area contributed by atoms with E-state index in [9.17, 15) is 0 Å². The summed E-state index contributed by atoms with van der Waals surface area (Å²) < 4.78 is 12.4. The zero-order valence-corrected chi connectivity index (χ0v) is 34.9. The van der Waals surface area contributed by atoms with Gasteiger partial charge in [0.2, 0.25) is 5.88 Å². The van der Waals surface area contributed by atoms with Gasteiger partial charge in [0.1, 0.15) is 5.15 Å². The van der Waals surface area contributed by atoms with Gasteiger partial charge in [-0.15, -0.1) is 0 Å². The molecule has 0 aliphatic heterocycles. The van der Waals surface area contributed by atoms with E-state index in [1.165, 1.54) is 13.4 Å². The van der Waals surface area contributed by atoms with E-state index in [1.54, 1.807) is 57.1 Å². The Morgan fingerprint density at radius 1 is 0.500 bits per heavy atom. The number of methoxy groups -OCH3 is 2. The van der Waals surface area contributed by atoms with E-state index in [-0.39, 0.29) is 0 Å². The van der Waals surface area contributed by atoms with Crippen LogP contribution in [0.25, 0.3) is 0 Å². The Kier molecular flexibility index (Phi) is 18.0. The fourth-order valence-corrected chi connectivity index (χ4v) is 15.4. The molecule has 0 fully saturated rings. The number of halogens is 6. The Balaban J connectivity index is 0.000000285. The summed E-state index contributed by atoms with van der Waals surface area (Å²) in [6, 6.07) is 10.6. The Hall–Kier alpha value is -0.463. The summed E-state index contributed by atoms with van der Waals surface area (Å²) >= 11 is 30.2. The van der Waals surface area contributed by atoms with Gasteiger partial charge in [-0.3, -0.25) is 0 Å². The van der Waals surface area contributed by atoms with Crippen molar-refractivity contribution < 1.29 is 9.47 Å². The van der Waals surface area contributed by atoms with E-state index in [1.807, 2.05) is 12.1 Å². The maximum atomic E-state index is 6.07. The summed E-state index contributed by atoms with van der Waals surface area (Å²) in [7, 11) is 3.19. The first kappa shape index (κ1) is 39.6. The van der Waals surface area contributed by atoms with Crippen LogP contribution in [0.2, 0.25) is 60.0 Å². The molecule has 0 spiro atoms. The van der Waals surface area contributed by atoms with E-state index in [4.69, 9.17) is 79.1 Å². The van der Waals surface area contributed by atoms with E-state index in [0.717, 1.165) is 10.0 Å². The van der Waals surface area contributed by atoms with Crippen molar-refractivity contribution in [2.24, 2.45) is 0 Å². The molecular weight excluding hydrogens is 874 g/mol. The van der Waals surface area contributed by atoms with Crippen molar-refractivity contribution >= 4 is 114 Å². The number of hydrogen-bond acceptors (Lipinski definition) is 6. The summed E-state index contributed by atoms with van der Waals surface area (Å²) in [5.74, 6) is 1.24. The molecule has 0 amide bonds. The van der Waals surface area contributed by atoms with Crippen LogP contribution in [0.5, 0.6) is 11.8 Å². The number of nitrogens with zero attached hydrogens (tertiary/aromatic N) is 4. The van der Waals surface area contributed by atoms with E-state index < -0.39 is 36.8 Å². The normalized spacial score (nSPS) is 10.6. The maximum absolute atomic E-state index is 6.07. The quantitative estimate of drug-likeness (QED) is 0.150. The molecule has 4 aromatic rings. The third-order valence-corrected chi connectivity index (χ3v) is 19.0. The van der Waals surface area contributed by atoms with Crippen LogP contribution in [0.1, 0.15) is 0 Å². The molecule has 4 aromatic heterocycles. The van der Waals surface area contributed by atoms with Gasteiger partial charge < -0.3 is 4.74 Å². The van der Waals surface area contributed by atoms with Crippen LogP contribution in [0.15, 0.2) is 61.2 Å². The fourth-order valence-electron chi connectivity index (χ4n) is 2.93. The molecule has 0 aromatic carbocycles. The molecule has 228 valence electrons. The Morgan fingerprint density at radius 3 is 1.31 bits per heavy atom. The molecule has 0 N–H and O–H groups in total. The molecule has 4 heterocycles. The topological polar surface area (TPSA) is 70.0 Å². The number of rotatable bonds is 4. The predicted molar refractivity (Wildman–Crippen MR) is 186 cm³/mol. The number of ether oxygens (including phenoxy) is 2. The Morgan fingerprint density at radius 2 is 0.929 bits per heavy atom. The second-order valence-corrected chi connectivity index (χ2v) is 41.7. The second kappa shape index (κ2) is 19.1. The second-order valence-electron chi connectivity index (χ2n) is 10.5. The van der Waals surface area contributed by atoms with Crippen LogP contribution in [0, 0.1) is 0 Å². The van der Waals surface area contributed by atoms with Gasteiger partial charge in [-0.25, -0.2) is 9.97 Å². The van der Waals surface area contributed by atoms with Gasteiger partial charge in [-0.1, -0.05) is 34.8 Å². The molecule has 0 unspecified atom stereocenters. The van der Waals surface area contributed by atoms with Gasteiger partial charge in [-0.2, -0.15) is 0 Å². The molecule has 0 aliphatic rings. The summed E-state index contributed by atoms with van der Waals surface area (Å²) in [6.45, 7) is 0. The van der Waals surface area contributed by atoms with Gasteiger partial charge in [-0.05, 0) is 18.2 Å². The molecule has 0 radical (unpaired) electrons. The van der Waals surface area contributed by atoms with Crippen molar-refractivity contribution in [2.75, 3.05) is 14.2 Å². The average molecular weight is 909 g/mol. The van der Waals surface area contributed by atoms with Crippen LogP contribution in [-0.2, 0) is 0 Å². The molecule has 0 bridgehead atoms. The molecule has 0 atom stereocenters. The fraction of sp³-hybridized carbons (Fsp3) is 0.286. The first-order valence-corrected chi connectivity index (χ1v) is 34.7. The van der Waals surface area contributed by atoms with E-state index in [2.05, 4.69) is 49.6 Å². The van der Waals surface area contributed by atoms with Gasteiger partial charge in [0, 0.05) is 18.5 Å². The molecule has 42 heavy (non-hydrogen) atoms. The first-order chi connectivity index (χ1) is 19.5. The first-order valence-electron chi connectivity index (χ1n) is 12.4. The van der Waals surface area contributed by atoms with Gasteiger partial charge in [0.25, 0.3) is 0 Å². The molecule has 14 heteroatoms. The Labute approximate surface area is 287 Å². The molecule has 6 nitrogen and oxygen atoms in total. The summed E-state index contributed by atoms with van der Waals surface area (Å²) in [4.78, 5) is 29.4. The molecule has 0 saturated carbocycles. The average Bonchev–Trinajstić information content (AvgIpc) is 2.92. The monoisotopic (exact) mass is 908 g/mol. The SMILES string of the molecule is COc1c[c]([Sn]([CH3])([CH3])[CH3])c(Cl)cn1.COc1ccc(Cl)cn1.Clc1ccc(Cl)nc1.[CH3][Sn]([CH3])([CH3])[c]1cc(Cl)ncc1Cl. The third kappa shape index (κ3) is 15.5. The van der Waals surface area contributed by atoms with Crippen LogP contribution in [0.4, 0.5) is 0 Å². The van der Waals surface area contributed by atoms with Crippen molar-refractivity contribution in [1.82, 2.24) is 19.9 Å². The third-order valence-electron chi connectivity index (χ3n) is 5.08. The Bertz CT molecular complexity index is 1360. The van der Waals surface area contributed by atoms with Gasteiger partial charge in [0.05, 0.1) is 17.2 Å². The zero-order chi connectivity index (χ0) is 32.1. The van der Waals surface area contributed by atoms with E-state index >= 15 is 0 Å². The predicted octanol–water partition coefficient (Wildman–Crippen LogP) is 9.35. The van der Waals surface area contributed by atoms with Crippen molar-refractivity contribution in [3.8, 4) is 11.8 Å². The minimum absolute atomic E-state index is 0.467. The van der Waals surface area contributed by atoms with Crippen LogP contribution >= 0.6 is 69.6 Å². The molecule has 0 saturated heterocycles. The summed E-state index contributed by atoms with van der Waals surface area (Å²) in [5.41, 5.74) is 0. The van der Waals surface area contributed by atoms with Gasteiger partial charge >= 0.3 is 176 Å². The summed E-state index contributed by atoms with van der Waals surface area (Å²) in [5, 5.41) is 3.78. The van der Waals surface area contributed by atoms with Crippen molar-refractivity contribution in [3.05, 3.63) is 91.6 Å². The van der Waals surface area contributed by atoms with Crippen molar-refractivity contribution in [3.63, 3.8) is 0 Å². The van der Waals surface area contributed by atoms with Crippen LogP contribution < -0.4 is 16.6 Å². The van der Waals surface area contributed by atoms with Crippen LogP contribution in [-0.4, -0.2) is 70.9 Å².